The number of hydrogen-bond donors (Lipinski definition) is 0. The van der Waals surface area contributed by atoms with Gasteiger partial charge in [0.25, 0.3) is 0 Å². The van der Waals surface area contributed by atoms with E-state index in [1.807, 2.05) is 0 Å². The van der Waals surface area contributed by atoms with Gasteiger partial charge in [-0.25, -0.2) is 0 Å². The molecule has 0 spiro atoms. The van der Waals surface area contributed by atoms with E-state index in [-0.39, 0.29) is 0 Å². The normalized spacial score (nSPS) is 63.6. The molecular formula is C37H64. The van der Waals surface area contributed by atoms with E-state index < -0.39 is 0 Å². The van der Waals surface area contributed by atoms with Crippen LogP contribution >= 0.6 is 0 Å². The van der Waals surface area contributed by atoms with Gasteiger partial charge < -0.3 is 0 Å². The Kier molecular flexibility index (Phi) is 5.33. The lowest BCUT2D eigenvalue weighted by molar-refractivity contribution is -0.345. The zero-order valence-corrected chi connectivity index (χ0v) is 27.4. The van der Waals surface area contributed by atoms with Crippen molar-refractivity contribution < 1.29 is 0 Å². The van der Waals surface area contributed by atoms with E-state index >= 15 is 0 Å². The van der Waals surface area contributed by atoms with Gasteiger partial charge in [-0.2, -0.15) is 0 Å². The van der Waals surface area contributed by atoms with Crippen LogP contribution in [0, 0.1) is 84.7 Å². The molecule has 0 radical (unpaired) electrons. The second kappa shape index (κ2) is 7.25. The Morgan fingerprint density at radius 1 is 0.595 bits per heavy atom. The smallest absolute Gasteiger partial charge is 0.0138 e. The molecule has 0 N–H and O–H groups in total. The molecule has 7 fully saturated rings. The summed E-state index contributed by atoms with van der Waals surface area (Å²) in [6, 6.07) is 0. The van der Waals surface area contributed by atoms with E-state index in [2.05, 4.69) is 90.0 Å². The summed E-state index contributed by atoms with van der Waals surface area (Å²) < 4.78 is 0. The van der Waals surface area contributed by atoms with Crippen molar-refractivity contribution in [2.45, 2.75) is 148 Å². The summed E-state index contributed by atoms with van der Waals surface area (Å²) in [6.07, 6.45) is 13.3. The van der Waals surface area contributed by atoms with Gasteiger partial charge in [0.1, 0.15) is 0 Å². The molecule has 7 rings (SSSR count). The fourth-order valence-electron chi connectivity index (χ4n) is 16.2. The highest BCUT2D eigenvalue weighted by Crippen LogP contribution is 2.92. The molecular weight excluding hydrogens is 444 g/mol. The van der Waals surface area contributed by atoms with Crippen LogP contribution in [-0.4, -0.2) is 0 Å². The third-order valence-electron chi connectivity index (χ3n) is 18.6. The SMILES string of the molecule is CC1CC2CC3C4C(C)C(C)(C4(C)C)C4(C)C5(C)C(C)CC(C)C4(CCCC5(C)C)C3(C)CCC1(C)C2. The van der Waals surface area contributed by atoms with Crippen LogP contribution in [0.3, 0.4) is 0 Å². The summed E-state index contributed by atoms with van der Waals surface area (Å²) >= 11 is 0. The van der Waals surface area contributed by atoms with Crippen molar-refractivity contribution in [3.63, 3.8) is 0 Å². The first-order valence-corrected chi connectivity index (χ1v) is 16.8. The first kappa shape index (κ1) is 27.2. The molecule has 212 valence electrons. The van der Waals surface area contributed by atoms with Gasteiger partial charge >= 0.3 is 0 Å². The molecule has 37 heavy (non-hydrogen) atoms. The van der Waals surface area contributed by atoms with Crippen LogP contribution in [0.15, 0.2) is 0 Å². The van der Waals surface area contributed by atoms with Crippen LogP contribution in [-0.2, 0) is 0 Å². The Balaban J connectivity index is 1.71. The van der Waals surface area contributed by atoms with Crippen molar-refractivity contribution in [1.82, 2.24) is 0 Å². The van der Waals surface area contributed by atoms with E-state index in [0.717, 1.165) is 41.4 Å². The molecule has 0 amide bonds. The molecule has 0 heterocycles. The summed E-state index contributed by atoms with van der Waals surface area (Å²) in [4.78, 5) is 0. The zero-order chi connectivity index (χ0) is 27.4. The molecule has 0 aromatic carbocycles. The zero-order valence-electron chi connectivity index (χ0n) is 27.4. The Morgan fingerprint density at radius 2 is 1.24 bits per heavy atom. The first-order valence-electron chi connectivity index (χ1n) is 16.8. The van der Waals surface area contributed by atoms with Gasteiger partial charge in [0.2, 0.25) is 0 Å². The standard InChI is InChI=1S/C37H64/c1-23-20-27-21-28-29-26(4)35(12,31(29,7)8)36(13)34(11)24(2)19-25(3)37(36,16-14-15-30(34,5)6)33(28,10)18-17-32(23,9)22-27/h23-29H,14-22H2,1-13H3. The molecule has 0 aromatic rings. The Hall–Kier alpha value is 0. The van der Waals surface area contributed by atoms with Gasteiger partial charge in [-0.15, -0.1) is 0 Å². The summed E-state index contributed by atoms with van der Waals surface area (Å²) in [5.41, 5.74) is 3.29. The molecule has 6 bridgehead atoms. The topological polar surface area (TPSA) is 0 Å². The maximum Gasteiger partial charge on any atom is -0.0138 e. The fraction of sp³-hybridized carbons (Fsp3) is 1.00. The molecule has 7 aliphatic carbocycles. The van der Waals surface area contributed by atoms with E-state index in [0.29, 0.717) is 43.3 Å². The van der Waals surface area contributed by atoms with Crippen molar-refractivity contribution in [3.05, 3.63) is 0 Å². The van der Waals surface area contributed by atoms with Crippen molar-refractivity contribution in [3.8, 4) is 0 Å². The Labute approximate surface area is 232 Å². The van der Waals surface area contributed by atoms with Gasteiger partial charge in [-0.1, -0.05) is 96.4 Å². The van der Waals surface area contributed by atoms with E-state index in [1.165, 1.54) is 57.8 Å². The van der Waals surface area contributed by atoms with Crippen molar-refractivity contribution in [1.29, 1.82) is 0 Å². The van der Waals surface area contributed by atoms with Crippen LogP contribution in [0.5, 0.6) is 0 Å². The number of rotatable bonds is 0. The highest BCUT2D eigenvalue weighted by Gasteiger charge is 2.87. The lowest BCUT2D eigenvalue weighted by Gasteiger charge is -2.82. The fourth-order valence-corrected chi connectivity index (χ4v) is 16.2. The first-order chi connectivity index (χ1) is 16.8. The van der Waals surface area contributed by atoms with Crippen molar-refractivity contribution in [2.24, 2.45) is 84.7 Å². The van der Waals surface area contributed by atoms with E-state index in [1.54, 1.807) is 0 Å². The third kappa shape index (κ3) is 2.46. The maximum absolute atomic E-state index is 2.95. The van der Waals surface area contributed by atoms with Crippen LogP contribution in [0.25, 0.3) is 0 Å². The van der Waals surface area contributed by atoms with Gasteiger partial charge in [-0.05, 0) is 136 Å². The number of hydrogen-bond acceptors (Lipinski definition) is 0. The predicted molar refractivity (Wildman–Crippen MR) is 159 cm³/mol. The van der Waals surface area contributed by atoms with Crippen LogP contribution in [0.4, 0.5) is 0 Å². The van der Waals surface area contributed by atoms with Crippen molar-refractivity contribution in [2.75, 3.05) is 0 Å². The van der Waals surface area contributed by atoms with Gasteiger partial charge in [0, 0.05) is 0 Å². The second-order valence-corrected chi connectivity index (χ2v) is 18.9. The maximum atomic E-state index is 2.95. The molecule has 7 aliphatic rings. The minimum atomic E-state index is 0.331. The van der Waals surface area contributed by atoms with Crippen LogP contribution in [0.1, 0.15) is 148 Å². The lowest BCUT2D eigenvalue weighted by Crippen LogP contribution is -2.77. The van der Waals surface area contributed by atoms with Crippen LogP contribution < -0.4 is 0 Å². The molecule has 0 aliphatic heterocycles. The summed E-state index contributed by atoms with van der Waals surface area (Å²) in [5.74, 6) is 6.09. The van der Waals surface area contributed by atoms with Gasteiger partial charge in [-0.3, -0.25) is 0 Å². The summed E-state index contributed by atoms with van der Waals surface area (Å²) in [5, 5.41) is 0. The monoisotopic (exact) mass is 509 g/mol. The van der Waals surface area contributed by atoms with E-state index in [4.69, 9.17) is 0 Å². The summed E-state index contributed by atoms with van der Waals surface area (Å²) in [7, 11) is 0. The lowest BCUT2D eigenvalue weighted by atomic mass is 9.22. The largest absolute Gasteiger partial charge is 0.0620 e. The van der Waals surface area contributed by atoms with Gasteiger partial charge in [0.05, 0.1) is 0 Å². The average molecular weight is 509 g/mol. The Morgan fingerprint density at radius 3 is 1.86 bits per heavy atom. The molecule has 0 aromatic heterocycles. The molecule has 0 nitrogen and oxygen atoms in total. The van der Waals surface area contributed by atoms with E-state index in [9.17, 15) is 0 Å². The summed E-state index contributed by atoms with van der Waals surface area (Å²) in [6.45, 7) is 36.1. The molecule has 13 atom stereocenters. The minimum Gasteiger partial charge on any atom is -0.0620 e. The number of fused-ring (bicyclic) bond motifs is 2. The highest BCUT2D eigenvalue weighted by atomic mass is 14.9. The molecule has 0 saturated heterocycles. The van der Waals surface area contributed by atoms with Crippen molar-refractivity contribution >= 4 is 0 Å². The van der Waals surface area contributed by atoms with Gasteiger partial charge in [0.15, 0.2) is 0 Å². The predicted octanol–water partition coefficient (Wildman–Crippen LogP) is 11.0. The molecule has 0 heteroatoms. The quantitative estimate of drug-likeness (QED) is 0.305. The van der Waals surface area contributed by atoms with Crippen LogP contribution in [0.2, 0.25) is 0 Å². The minimum absolute atomic E-state index is 0.331. The second-order valence-electron chi connectivity index (χ2n) is 18.9. The third-order valence-corrected chi connectivity index (χ3v) is 18.6. The highest BCUT2D eigenvalue weighted by molar-refractivity contribution is 5.34. The Bertz CT molecular complexity index is 973. The molecule has 13 unspecified atom stereocenters. The molecule has 7 saturated carbocycles. The average Bonchev–Trinajstić information content (AvgIpc) is 3.04.